The summed E-state index contributed by atoms with van der Waals surface area (Å²) in [6, 6.07) is 17.7. The van der Waals surface area contributed by atoms with Crippen LogP contribution in [0.2, 0.25) is 0 Å². The van der Waals surface area contributed by atoms with Crippen LogP contribution in [0.4, 0.5) is 0 Å². The summed E-state index contributed by atoms with van der Waals surface area (Å²) in [5.74, 6) is 0.841. The van der Waals surface area contributed by atoms with E-state index in [0.29, 0.717) is 19.4 Å². The molecule has 1 aromatic heterocycles. The van der Waals surface area contributed by atoms with Crippen LogP contribution in [-0.4, -0.2) is 22.8 Å². The third-order valence-electron chi connectivity index (χ3n) is 4.67. The highest BCUT2D eigenvalue weighted by Crippen LogP contribution is 2.22. The second kappa shape index (κ2) is 8.54. The van der Waals surface area contributed by atoms with Gasteiger partial charge in [-0.2, -0.15) is 5.10 Å². The van der Waals surface area contributed by atoms with Gasteiger partial charge in [0.2, 0.25) is 5.91 Å². The third kappa shape index (κ3) is 4.56. The highest BCUT2D eigenvalue weighted by molar-refractivity contribution is 5.76. The van der Waals surface area contributed by atoms with Crippen molar-refractivity contribution < 1.29 is 9.53 Å². The number of nitrogens with zero attached hydrogens (tertiary/aromatic N) is 2. The lowest BCUT2D eigenvalue weighted by Crippen LogP contribution is -2.23. The van der Waals surface area contributed by atoms with Gasteiger partial charge < -0.3 is 10.1 Å². The minimum atomic E-state index is 0.0479. The Kier molecular flexibility index (Phi) is 5.91. The molecule has 3 rings (SSSR count). The topological polar surface area (TPSA) is 56.2 Å². The van der Waals surface area contributed by atoms with Crippen LogP contribution in [0.1, 0.15) is 28.9 Å². The van der Waals surface area contributed by atoms with Gasteiger partial charge in [0.1, 0.15) is 5.75 Å². The maximum atomic E-state index is 12.2. The molecule has 5 heteroatoms. The second-order valence-corrected chi connectivity index (χ2v) is 6.52. The highest BCUT2D eigenvalue weighted by atomic mass is 16.5. The summed E-state index contributed by atoms with van der Waals surface area (Å²) >= 11 is 0. The number of nitrogens with one attached hydrogen (secondary N) is 1. The number of aromatic nitrogens is 2. The molecule has 2 aromatic carbocycles. The summed E-state index contributed by atoms with van der Waals surface area (Å²) in [5.41, 5.74) is 5.18. The van der Waals surface area contributed by atoms with Crippen molar-refractivity contribution in [1.82, 2.24) is 15.1 Å². The maximum absolute atomic E-state index is 12.2. The number of benzene rings is 2. The fourth-order valence-electron chi connectivity index (χ4n) is 3.15. The summed E-state index contributed by atoms with van der Waals surface area (Å²) in [5, 5.41) is 7.64. The first-order valence-electron chi connectivity index (χ1n) is 9.08. The maximum Gasteiger partial charge on any atom is 0.220 e. The zero-order valence-electron chi connectivity index (χ0n) is 16.0. The zero-order chi connectivity index (χ0) is 19.2. The standard InChI is InChI=1S/C22H25N3O2/c1-16-21(12-13-22(26)23-15-18-8-5-4-6-9-18)17(2)25(24-16)19-10-7-11-20(14-19)27-3/h4-11,14H,12-13,15H2,1-3H3,(H,23,26). The molecule has 3 aromatic rings. The third-order valence-corrected chi connectivity index (χ3v) is 4.67. The molecule has 5 nitrogen and oxygen atoms in total. The minimum Gasteiger partial charge on any atom is -0.497 e. The SMILES string of the molecule is COc1cccc(-n2nc(C)c(CCC(=O)NCc3ccccc3)c2C)c1. The molecule has 0 fully saturated rings. The molecule has 0 bridgehead atoms. The Labute approximate surface area is 160 Å². The van der Waals surface area contributed by atoms with Gasteiger partial charge in [0.25, 0.3) is 0 Å². The Morgan fingerprint density at radius 3 is 2.63 bits per heavy atom. The van der Waals surface area contributed by atoms with E-state index in [-0.39, 0.29) is 5.91 Å². The first-order chi connectivity index (χ1) is 13.1. The number of ether oxygens (including phenoxy) is 1. The summed E-state index contributed by atoms with van der Waals surface area (Å²) in [6.45, 7) is 4.58. The van der Waals surface area contributed by atoms with Crippen LogP contribution in [0.25, 0.3) is 5.69 Å². The van der Waals surface area contributed by atoms with Crippen LogP contribution in [0.3, 0.4) is 0 Å². The van der Waals surface area contributed by atoms with Gasteiger partial charge in [-0.25, -0.2) is 4.68 Å². The van der Waals surface area contributed by atoms with E-state index in [4.69, 9.17) is 4.74 Å². The van der Waals surface area contributed by atoms with E-state index in [1.807, 2.05) is 73.1 Å². The average Bonchev–Trinajstić information content (AvgIpc) is 2.99. The average molecular weight is 363 g/mol. The first kappa shape index (κ1) is 18.7. The summed E-state index contributed by atoms with van der Waals surface area (Å²) in [7, 11) is 1.65. The van der Waals surface area contributed by atoms with Crippen molar-refractivity contribution in [3.63, 3.8) is 0 Å². The fourth-order valence-corrected chi connectivity index (χ4v) is 3.15. The van der Waals surface area contributed by atoms with Crippen molar-refractivity contribution in [3.05, 3.63) is 77.1 Å². The predicted molar refractivity (Wildman–Crippen MR) is 106 cm³/mol. The summed E-state index contributed by atoms with van der Waals surface area (Å²) in [4.78, 5) is 12.2. The second-order valence-electron chi connectivity index (χ2n) is 6.52. The number of aryl methyl sites for hydroxylation is 1. The van der Waals surface area contributed by atoms with Crippen molar-refractivity contribution in [3.8, 4) is 11.4 Å². The molecule has 0 unspecified atom stereocenters. The predicted octanol–water partition coefficient (Wildman–Crippen LogP) is 3.75. The van der Waals surface area contributed by atoms with E-state index in [2.05, 4.69) is 10.4 Å². The van der Waals surface area contributed by atoms with Gasteiger partial charge in [-0.3, -0.25) is 4.79 Å². The van der Waals surface area contributed by atoms with E-state index in [1.165, 1.54) is 0 Å². The van der Waals surface area contributed by atoms with Crippen LogP contribution >= 0.6 is 0 Å². The van der Waals surface area contributed by atoms with Gasteiger partial charge in [-0.1, -0.05) is 36.4 Å². The molecule has 0 spiro atoms. The lowest BCUT2D eigenvalue weighted by molar-refractivity contribution is -0.121. The smallest absolute Gasteiger partial charge is 0.220 e. The number of amides is 1. The lowest BCUT2D eigenvalue weighted by Gasteiger charge is -2.08. The monoisotopic (exact) mass is 363 g/mol. The van der Waals surface area contributed by atoms with E-state index in [0.717, 1.165) is 34.0 Å². The molecule has 0 radical (unpaired) electrons. The Balaban J connectivity index is 1.65. The van der Waals surface area contributed by atoms with E-state index < -0.39 is 0 Å². The molecule has 0 saturated carbocycles. The fraction of sp³-hybridized carbons (Fsp3) is 0.273. The number of hydrogen-bond donors (Lipinski definition) is 1. The minimum absolute atomic E-state index is 0.0479. The molecular formula is C22H25N3O2. The molecule has 1 N–H and O–H groups in total. The molecule has 0 atom stereocenters. The van der Waals surface area contributed by atoms with Gasteiger partial charge in [0.15, 0.2) is 0 Å². The van der Waals surface area contributed by atoms with Gasteiger partial charge in [-0.05, 0) is 43.5 Å². The Morgan fingerprint density at radius 1 is 1.11 bits per heavy atom. The molecule has 0 aliphatic rings. The van der Waals surface area contributed by atoms with Crippen molar-refractivity contribution in [1.29, 1.82) is 0 Å². The largest absolute Gasteiger partial charge is 0.497 e. The first-order valence-corrected chi connectivity index (χ1v) is 9.08. The van der Waals surface area contributed by atoms with E-state index in [1.54, 1.807) is 7.11 Å². The van der Waals surface area contributed by atoms with Gasteiger partial charge >= 0.3 is 0 Å². The molecule has 0 saturated heterocycles. The molecule has 1 amide bonds. The van der Waals surface area contributed by atoms with Gasteiger partial charge in [-0.15, -0.1) is 0 Å². The Hall–Kier alpha value is -3.08. The molecule has 0 aliphatic carbocycles. The van der Waals surface area contributed by atoms with Crippen LogP contribution in [0.15, 0.2) is 54.6 Å². The van der Waals surface area contributed by atoms with Gasteiger partial charge in [0, 0.05) is 24.7 Å². The number of hydrogen-bond acceptors (Lipinski definition) is 3. The van der Waals surface area contributed by atoms with E-state index in [9.17, 15) is 4.79 Å². The van der Waals surface area contributed by atoms with Crippen molar-refractivity contribution in [2.75, 3.05) is 7.11 Å². The molecular weight excluding hydrogens is 338 g/mol. The highest BCUT2D eigenvalue weighted by Gasteiger charge is 2.14. The lowest BCUT2D eigenvalue weighted by atomic mass is 10.1. The molecule has 27 heavy (non-hydrogen) atoms. The number of rotatable bonds is 7. The van der Waals surface area contributed by atoms with Crippen LogP contribution < -0.4 is 10.1 Å². The van der Waals surface area contributed by atoms with Crippen LogP contribution in [-0.2, 0) is 17.8 Å². The molecule has 1 heterocycles. The van der Waals surface area contributed by atoms with Crippen LogP contribution in [0, 0.1) is 13.8 Å². The Morgan fingerprint density at radius 2 is 1.89 bits per heavy atom. The number of methoxy groups -OCH3 is 1. The summed E-state index contributed by atoms with van der Waals surface area (Å²) < 4.78 is 7.21. The van der Waals surface area contributed by atoms with Crippen LogP contribution in [0.5, 0.6) is 5.75 Å². The molecule has 140 valence electrons. The van der Waals surface area contributed by atoms with E-state index >= 15 is 0 Å². The number of carbonyl (C=O) groups is 1. The Bertz CT molecular complexity index is 917. The van der Waals surface area contributed by atoms with Crippen molar-refractivity contribution in [2.24, 2.45) is 0 Å². The van der Waals surface area contributed by atoms with Crippen molar-refractivity contribution >= 4 is 5.91 Å². The van der Waals surface area contributed by atoms with Crippen molar-refractivity contribution in [2.45, 2.75) is 33.2 Å². The molecule has 0 aliphatic heterocycles. The summed E-state index contributed by atoms with van der Waals surface area (Å²) in [6.07, 6.45) is 1.11. The van der Waals surface area contributed by atoms with Gasteiger partial charge in [0.05, 0.1) is 18.5 Å². The quantitative estimate of drug-likeness (QED) is 0.696. The normalized spacial score (nSPS) is 10.6. The number of carbonyl (C=O) groups excluding carboxylic acids is 1. The zero-order valence-corrected chi connectivity index (χ0v) is 16.0.